The first-order valence-electron chi connectivity index (χ1n) is 6.37. The molecule has 2 rings (SSSR count). The van der Waals surface area contributed by atoms with Crippen LogP contribution in [0.15, 0.2) is 0 Å². The molecule has 2 aliphatic rings. The zero-order valence-corrected chi connectivity index (χ0v) is 9.84. The minimum atomic E-state index is -0.255. The van der Waals surface area contributed by atoms with E-state index in [-0.39, 0.29) is 17.4 Å². The van der Waals surface area contributed by atoms with Gasteiger partial charge in [0, 0.05) is 19.7 Å². The van der Waals surface area contributed by atoms with E-state index in [9.17, 15) is 4.79 Å². The average molecular weight is 226 g/mol. The second-order valence-corrected chi connectivity index (χ2v) is 5.04. The van der Waals surface area contributed by atoms with Crippen molar-refractivity contribution in [2.24, 2.45) is 11.1 Å². The zero-order chi connectivity index (χ0) is 11.4. The molecule has 1 heterocycles. The third kappa shape index (κ3) is 2.38. The lowest BCUT2D eigenvalue weighted by molar-refractivity contribution is -0.136. The molecule has 16 heavy (non-hydrogen) atoms. The summed E-state index contributed by atoms with van der Waals surface area (Å²) < 4.78 is 5.58. The fourth-order valence-corrected chi connectivity index (χ4v) is 2.49. The number of rotatable bonds is 4. The Kier molecular flexibility index (Phi) is 3.82. The van der Waals surface area contributed by atoms with Crippen LogP contribution in [0.2, 0.25) is 0 Å². The van der Waals surface area contributed by atoms with Gasteiger partial charge in [-0.15, -0.1) is 0 Å². The molecule has 0 aromatic carbocycles. The monoisotopic (exact) mass is 226 g/mol. The molecule has 1 amide bonds. The Morgan fingerprint density at radius 1 is 1.38 bits per heavy atom. The van der Waals surface area contributed by atoms with Gasteiger partial charge in [-0.05, 0) is 32.1 Å². The van der Waals surface area contributed by atoms with Crippen molar-refractivity contribution in [2.45, 2.75) is 44.6 Å². The van der Waals surface area contributed by atoms with Crippen LogP contribution in [0.4, 0.5) is 0 Å². The maximum Gasteiger partial charge on any atom is 0.227 e. The molecule has 0 aromatic heterocycles. The van der Waals surface area contributed by atoms with Crippen molar-refractivity contribution >= 4 is 5.91 Å². The molecule has 0 spiro atoms. The highest BCUT2D eigenvalue weighted by Crippen LogP contribution is 2.39. The van der Waals surface area contributed by atoms with E-state index in [1.807, 2.05) is 0 Å². The van der Waals surface area contributed by atoms with Crippen LogP contribution >= 0.6 is 0 Å². The average Bonchev–Trinajstić information content (AvgIpc) is 2.27. The van der Waals surface area contributed by atoms with Crippen molar-refractivity contribution in [2.75, 3.05) is 19.7 Å². The number of amides is 1. The normalized spacial score (nSPS) is 28.2. The van der Waals surface area contributed by atoms with Crippen molar-refractivity contribution < 1.29 is 9.53 Å². The molecule has 1 aliphatic heterocycles. The number of hydrogen-bond acceptors (Lipinski definition) is 3. The number of ether oxygens (including phenoxy) is 1. The summed E-state index contributed by atoms with van der Waals surface area (Å²) in [6.45, 7) is 1.97. The van der Waals surface area contributed by atoms with Gasteiger partial charge in [-0.25, -0.2) is 0 Å². The first kappa shape index (κ1) is 11.9. The number of hydrogen-bond donors (Lipinski definition) is 2. The van der Waals surface area contributed by atoms with E-state index >= 15 is 0 Å². The highest BCUT2D eigenvalue weighted by atomic mass is 16.5. The van der Waals surface area contributed by atoms with Gasteiger partial charge in [-0.1, -0.05) is 6.42 Å². The molecule has 0 radical (unpaired) electrons. The van der Waals surface area contributed by atoms with Gasteiger partial charge in [0.2, 0.25) is 5.91 Å². The van der Waals surface area contributed by atoms with E-state index in [1.165, 1.54) is 6.42 Å². The van der Waals surface area contributed by atoms with Crippen LogP contribution in [0, 0.1) is 5.41 Å². The highest BCUT2D eigenvalue weighted by molar-refractivity contribution is 5.83. The van der Waals surface area contributed by atoms with Gasteiger partial charge in [-0.2, -0.15) is 0 Å². The minimum absolute atomic E-state index is 0.135. The molecule has 92 valence electrons. The summed E-state index contributed by atoms with van der Waals surface area (Å²) in [6.07, 6.45) is 6.66. The van der Waals surface area contributed by atoms with Crippen LogP contribution in [0.3, 0.4) is 0 Å². The molecule has 2 fully saturated rings. The van der Waals surface area contributed by atoms with Crippen LogP contribution in [0.5, 0.6) is 0 Å². The lowest BCUT2D eigenvalue weighted by Crippen LogP contribution is -2.51. The van der Waals surface area contributed by atoms with E-state index in [2.05, 4.69) is 5.32 Å². The van der Waals surface area contributed by atoms with Gasteiger partial charge in [0.25, 0.3) is 0 Å². The molecule has 0 aromatic rings. The maximum absolute atomic E-state index is 12.0. The smallest absolute Gasteiger partial charge is 0.227 e. The Hall–Kier alpha value is -0.610. The zero-order valence-electron chi connectivity index (χ0n) is 9.84. The Bertz CT molecular complexity index is 240. The molecule has 1 saturated heterocycles. The molecule has 1 saturated carbocycles. The number of carbonyl (C=O) groups excluding carboxylic acids is 1. The van der Waals surface area contributed by atoms with Gasteiger partial charge in [0.05, 0.1) is 11.5 Å². The lowest BCUT2D eigenvalue weighted by atomic mass is 9.68. The molecule has 1 atom stereocenters. The summed E-state index contributed by atoms with van der Waals surface area (Å²) in [5.41, 5.74) is 5.43. The highest BCUT2D eigenvalue weighted by Gasteiger charge is 2.42. The van der Waals surface area contributed by atoms with Crippen LogP contribution in [0.1, 0.15) is 38.5 Å². The van der Waals surface area contributed by atoms with Gasteiger partial charge < -0.3 is 15.8 Å². The maximum atomic E-state index is 12.0. The minimum Gasteiger partial charge on any atom is -0.376 e. The summed E-state index contributed by atoms with van der Waals surface area (Å²) in [5.74, 6) is 0.135. The number of nitrogens with one attached hydrogen (secondary N) is 1. The second kappa shape index (κ2) is 5.15. The third-order valence-corrected chi connectivity index (χ3v) is 3.95. The number of nitrogens with two attached hydrogens (primary N) is 1. The summed E-state index contributed by atoms with van der Waals surface area (Å²) >= 11 is 0. The van der Waals surface area contributed by atoms with E-state index < -0.39 is 0 Å². The summed E-state index contributed by atoms with van der Waals surface area (Å²) in [6, 6.07) is 0. The predicted molar refractivity (Wildman–Crippen MR) is 61.9 cm³/mol. The first-order chi connectivity index (χ1) is 7.77. The van der Waals surface area contributed by atoms with Crippen molar-refractivity contribution in [1.29, 1.82) is 0 Å². The Balaban J connectivity index is 1.74. The van der Waals surface area contributed by atoms with Gasteiger partial charge >= 0.3 is 0 Å². The Morgan fingerprint density at radius 2 is 2.19 bits per heavy atom. The molecule has 3 N–H and O–H groups in total. The van der Waals surface area contributed by atoms with E-state index in [0.717, 1.165) is 38.7 Å². The topological polar surface area (TPSA) is 64.4 Å². The predicted octanol–water partition coefficient (Wildman–Crippen LogP) is 0.801. The van der Waals surface area contributed by atoms with E-state index in [0.29, 0.717) is 13.1 Å². The Labute approximate surface area is 96.9 Å². The van der Waals surface area contributed by atoms with E-state index in [4.69, 9.17) is 10.5 Å². The SMILES string of the molecule is NCC1(C(=O)NCC2CCCCO2)CCC1. The summed E-state index contributed by atoms with van der Waals surface area (Å²) in [7, 11) is 0. The van der Waals surface area contributed by atoms with Gasteiger partial charge in [0.15, 0.2) is 0 Å². The fourth-order valence-electron chi connectivity index (χ4n) is 2.49. The largest absolute Gasteiger partial charge is 0.376 e. The quantitative estimate of drug-likeness (QED) is 0.745. The molecule has 0 bridgehead atoms. The molecule has 4 nitrogen and oxygen atoms in total. The first-order valence-corrected chi connectivity index (χ1v) is 6.37. The fraction of sp³-hybridized carbons (Fsp3) is 0.917. The summed E-state index contributed by atoms with van der Waals surface area (Å²) in [4.78, 5) is 12.0. The number of carbonyl (C=O) groups is 1. The standard InChI is InChI=1S/C12H22N2O2/c13-9-12(5-3-6-12)11(15)14-8-10-4-1-2-7-16-10/h10H,1-9,13H2,(H,14,15). The molecule has 4 heteroatoms. The summed E-state index contributed by atoms with van der Waals surface area (Å²) in [5, 5.41) is 3.00. The third-order valence-electron chi connectivity index (χ3n) is 3.95. The lowest BCUT2D eigenvalue weighted by Gasteiger charge is -2.39. The van der Waals surface area contributed by atoms with Crippen molar-refractivity contribution in [3.63, 3.8) is 0 Å². The molecule has 1 unspecified atom stereocenters. The molecule has 1 aliphatic carbocycles. The van der Waals surface area contributed by atoms with Gasteiger partial charge in [-0.3, -0.25) is 4.79 Å². The van der Waals surface area contributed by atoms with E-state index in [1.54, 1.807) is 0 Å². The van der Waals surface area contributed by atoms with Crippen LogP contribution < -0.4 is 11.1 Å². The van der Waals surface area contributed by atoms with Crippen molar-refractivity contribution in [3.8, 4) is 0 Å². The van der Waals surface area contributed by atoms with Crippen molar-refractivity contribution in [1.82, 2.24) is 5.32 Å². The molecular formula is C12H22N2O2. The second-order valence-electron chi connectivity index (χ2n) is 5.04. The van der Waals surface area contributed by atoms with Crippen LogP contribution in [-0.2, 0) is 9.53 Å². The van der Waals surface area contributed by atoms with Gasteiger partial charge in [0.1, 0.15) is 0 Å². The van der Waals surface area contributed by atoms with Crippen molar-refractivity contribution in [3.05, 3.63) is 0 Å². The van der Waals surface area contributed by atoms with Crippen LogP contribution in [-0.4, -0.2) is 31.7 Å². The molecular weight excluding hydrogens is 204 g/mol. The van der Waals surface area contributed by atoms with Crippen LogP contribution in [0.25, 0.3) is 0 Å². The Morgan fingerprint density at radius 3 is 2.69 bits per heavy atom.